The monoisotopic (exact) mass is 519 g/mol. The van der Waals surface area contributed by atoms with E-state index in [9.17, 15) is 4.79 Å². The Morgan fingerprint density at radius 2 is 2.00 bits per heavy atom. The van der Waals surface area contributed by atoms with Crippen molar-refractivity contribution in [1.29, 1.82) is 0 Å². The number of aromatic amines is 1. The molecule has 10 heteroatoms. The molecule has 2 aromatic carbocycles. The Hall–Kier alpha value is -2.85. The third-order valence-electron chi connectivity index (χ3n) is 4.70. The molecule has 0 aliphatic heterocycles. The highest BCUT2D eigenvalue weighted by molar-refractivity contribution is 9.10. The van der Waals surface area contributed by atoms with Crippen molar-refractivity contribution in [3.05, 3.63) is 62.6 Å². The molecule has 3 rings (SSSR count). The van der Waals surface area contributed by atoms with E-state index in [1.807, 2.05) is 37.3 Å². The first-order valence-electron chi connectivity index (χ1n) is 10.2. The van der Waals surface area contributed by atoms with Crippen LogP contribution in [0.2, 0.25) is 0 Å². The first-order valence-corrected chi connectivity index (χ1v) is 11.4. The van der Waals surface area contributed by atoms with E-state index in [4.69, 9.17) is 21.7 Å². The fourth-order valence-electron chi connectivity index (χ4n) is 3.08. The second-order valence-corrected chi connectivity index (χ2v) is 8.37. The van der Waals surface area contributed by atoms with Gasteiger partial charge in [-0.2, -0.15) is 5.10 Å². The molecule has 32 heavy (non-hydrogen) atoms. The van der Waals surface area contributed by atoms with Crippen LogP contribution in [0.15, 0.2) is 40.9 Å². The number of methoxy groups -OCH3 is 1. The summed E-state index contributed by atoms with van der Waals surface area (Å²) >= 11 is 8.91. The molecule has 0 aliphatic carbocycles. The van der Waals surface area contributed by atoms with Crippen molar-refractivity contribution in [2.45, 2.75) is 33.2 Å². The number of anilines is 1. The van der Waals surface area contributed by atoms with E-state index in [0.29, 0.717) is 28.5 Å². The van der Waals surface area contributed by atoms with E-state index >= 15 is 0 Å². The summed E-state index contributed by atoms with van der Waals surface area (Å²) in [6.45, 7) is 4.28. The molecule has 0 atom stereocenters. The van der Waals surface area contributed by atoms with E-state index in [2.05, 4.69) is 43.8 Å². The molecule has 0 bridgehead atoms. The van der Waals surface area contributed by atoms with Crippen LogP contribution in [-0.2, 0) is 17.8 Å². The average molecular weight is 520 g/mol. The number of H-pyrrole nitrogens is 1. The second kappa shape index (κ2) is 11.1. The number of hydrogen-bond acceptors (Lipinski definition) is 6. The molecule has 8 nitrogen and oxygen atoms in total. The van der Waals surface area contributed by atoms with Gasteiger partial charge >= 0.3 is 0 Å². The number of halogens is 1. The summed E-state index contributed by atoms with van der Waals surface area (Å²) in [4.78, 5) is 12.4. The fourth-order valence-corrected chi connectivity index (χ4v) is 3.75. The number of rotatable bonds is 10. The number of ether oxygens (including phenoxy) is 2. The normalized spacial score (nSPS) is 10.6. The molecular formula is C22H26BrN5O3S. The van der Waals surface area contributed by atoms with Gasteiger partial charge in [0.15, 0.2) is 23.9 Å². The summed E-state index contributed by atoms with van der Waals surface area (Å²) in [6.07, 6.45) is 1.72. The van der Waals surface area contributed by atoms with Crippen LogP contribution in [0.5, 0.6) is 11.5 Å². The van der Waals surface area contributed by atoms with Crippen molar-refractivity contribution in [3.63, 3.8) is 0 Å². The summed E-state index contributed by atoms with van der Waals surface area (Å²) in [7, 11) is 1.56. The van der Waals surface area contributed by atoms with Crippen LogP contribution in [0.1, 0.15) is 30.3 Å². The molecule has 1 aromatic heterocycles. The average Bonchev–Trinajstić information content (AvgIpc) is 3.12. The van der Waals surface area contributed by atoms with Crippen molar-refractivity contribution in [2.75, 3.05) is 24.5 Å². The molecule has 0 unspecified atom stereocenters. The lowest BCUT2D eigenvalue weighted by Crippen LogP contribution is -2.22. The number of carbonyl (C=O) groups excluding carboxylic acids is 1. The zero-order valence-electron chi connectivity index (χ0n) is 18.2. The van der Waals surface area contributed by atoms with E-state index < -0.39 is 0 Å². The highest BCUT2D eigenvalue weighted by Crippen LogP contribution is 2.36. The number of aryl methyl sites for hydroxylation is 2. The minimum atomic E-state index is -0.267. The second-order valence-electron chi connectivity index (χ2n) is 7.13. The van der Waals surface area contributed by atoms with Gasteiger partial charge in [-0.3, -0.25) is 9.89 Å². The molecule has 0 aliphatic rings. The van der Waals surface area contributed by atoms with Gasteiger partial charge in [0.1, 0.15) is 0 Å². The zero-order chi connectivity index (χ0) is 23.1. The standard InChI is InChI=1S/C22H26BrN5O3S/c1-4-5-19-26-27-22(32)28(19)24-12-16-17(23)10-11-18(30-3)21(16)31-13-20(29)25-15-8-6-14(2)7-9-15/h6-11,24H,4-5,12-13H2,1-3H3,(H,25,29)(H,27,32). The van der Waals surface area contributed by atoms with Crippen LogP contribution >= 0.6 is 28.1 Å². The Morgan fingerprint density at radius 3 is 2.69 bits per heavy atom. The van der Waals surface area contributed by atoms with Crippen LogP contribution in [0, 0.1) is 11.7 Å². The van der Waals surface area contributed by atoms with Crippen molar-refractivity contribution in [1.82, 2.24) is 14.9 Å². The first kappa shape index (κ1) is 23.8. The van der Waals surface area contributed by atoms with Crippen molar-refractivity contribution < 1.29 is 14.3 Å². The molecule has 1 amide bonds. The van der Waals surface area contributed by atoms with Crippen molar-refractivity contribution >= 4 is 39.7 Å². The SMILES string of the molecule is CCCc1n[nH]c(=S)n1NCc1c(Br)ccc(OC)c1OCC(=O)Nc1ccc(C)cc1. The Balaban J connectivity index is 1.76. The smallest absolute Gasteiger partial charge is 0.262 e. The lowest BCUT2D eigenvalue weighted by Gasteiger charge is -2.18. The maximum Gasteiger partial charge on any atom is 0.262 e. The lowest BCUT2D eigenvalue weighted by molar-refractivity contribution is -0.118. The van der Waals surface area contributed by atoms with E-state index in [0.717, 1.165) is 34.3 Å². The number of aromatic nitrogens is 3. The van der Waals surface area contributed by atoms with Gasteiger partial charge in [-0.1, -0.05) is 40.5 Å². The van der Waals surface area contributed by atoms with Crippen LogP contribution < -0.4 is 20.2 Å². The minimum Gasteiger partial charge on any atom is -0.493 e. The zero-order valence-corrected chi connectivity index (χ0v) is 20.6. The number of nitrogens with one attached hydrogen (secondary N) is 3. The van der Waals surface area contributed by atoms with Crippen LogP contribution in [0.3, 0.4) is 0 Å². The van der Waals surface area contributed by atoms with Gasteiger partial charge in [0.05, 0.1) is 13.7 Å². The lowest BCUT2D eigenvalue weighted by atomic mass is 10.2. The molecule has 3 aromatic rings. The van der Waals surface area contributed by atoms with Crippen LogP contribution in [-0.4, -0.2) is 34.5 Å². The molecule has 0 saturated heterocycles. The topological polar surface area (TPSA) is 93.2 Å². The largest absolute Gasteiger partial charge is 0.493 e. The Labute approximate surface area is 200 Å². The van der Waals surface area contributed by atoms with Gasteiger partial charge in [0.2, 0.25) is 4.77 Å². The van der Waals surface area contributed by atoms with E-state index in [-0.39, 0.29) is 12.5 Å². The summed E-state index contributed by atoms with van der Waals surface area (Å²) in [5.74, 6) is 1.55. The molecule has 3 N–H and O–H groups in total. The molecule has 1 heterocycles. The van der Waals surface area contributed by atoms with Gasteiger partial charge in [0.25, 0.3) is 5.91 Å². The van der Waals surface area contributed by atoms with Gasteiger partial charge in [-0.05, 0) is 49.8 Å². The number of benzene rings is 2. The maximum absolute atomic E-state index is 12.4. The number of nitrogens with zero attached hydrogens (tertiary/aromatic N) is 2. The number of carbonyl (C=O) groups is 1. The molecular weight excluding hydrogens is 494 g/mol. The minimum absolute atomic E-state index is 0.167. The predicted octanol–water partition coefficient (Wildman–Crippen LogP) is 4.73. The highest BCUT2D eigenvalue weighted by Gasteiger charge is 2.17. The molecule has 170 valence electrons. The van der Waals surface area contributed by atoms with Gasteiger partial charge in [-0.15, -0.1) is 0 Å². The number of amides is 1. The van der Waals surface area contributed by atoms with Gasteiger partial charge in [-0.25, -0.2) is 4.68 Å². The molecule has 0 spiro atoms. The van der Waals surface area contributed by atoms with Gasteiger partial charge in [0, 0.05) is 22.1 Å². The van der Waals surface area contributed by atoms with Crippen LogP contribution in [0.4, 0.5) is 5.69 Å². The first-order chi connectivity index (χ1) is 15.4. The summed E-state index contributed by atoms with van der Waals surface area (Å²) in [6, 6.07) is 11.2. The Bertz CT molecular complexity index is 1130. The quantitative estimate of drug-likeness (QED) is 0.335. The maximum atomic E-state index is 12.4. The Morgan fingerprint density at radius 1 is 1.25 bits per heavy atom. The van der Waals surface area contributed by atoms with Gasteiger partial charge < -0.3 is 20.2 Å². The highest BCUT2D eigenvalue weighted by atomic mass is 79.9. The molecule has 0 saturated carbocycles. The summed E-state index contributed by atoms with van der Waals surface area (Å²) in [5.41, 5.74) is 5.90. The van der Waals surface area contributed by atoms with Crippen molar-refractivity contribution in [2.24, 2.45) is 0 Å². The van der Waals surface area contributed by atoms with Crippen molar-refractivity contribution in [3.8, 4) is 11.5 Å². The van der Waals surface area contributed by atoms with E-state index in [1.54, 1.807) is 17.9 Å². The fraction of sp³-hybridized carbons (Fsp3) is 0.318. The van der Waals surface area contributed by atoms with Crippen LogP contribution in [0.25, 0.3) is 0 Å². The molecule has 0 radical (unpaired) electrons. The van der Waals surface area contributed by atoms with E-state index in [1.165, 1.54) is 0 Å². The summed E-state index contributed by atoms with van der Waals surface area (Å²) in [5, 5.41) is 9.91. The molecule has 0 fully saturated rings. The Kier molecular flexibility index (Phi) is 8.29. The third kappa shape index (κ3) is 5.89. The predicted molar refractivity (Wildman–Crippen MR) is 130 cm³/mol. The third-order valence-corrected chi connectivity index (χ3v) is 5.72. The summed E-state index contributed by atoms with van der Waals surface area (Å²) < 4.78 is 14.4. The number of hydrogen-bond donors (Lipinski definition) is 3.